The zero-order valence-corrected chi connectivity index (χ0v) is 9.62. The molecule has 0 aromatic carbocycles. The van der Waals surface area contributed by atoms with Gasteiger partial charge >= 0.3 is 0 Å². The third kappa shape index (κ3) is 1.87. The van der Waals surface area contributed by atoms with E-state index >= 15 is 0 Å². The Morgan fingerprint density at radius 2 is 2.13 bits per heavy atom. The Morgan fingerprint density at radius 1 is 1.33 bits per heavy atom. The molecule has 15 heavy (non-hydrogen) atoms. The molecular formula is C14H17N. The second-order valence-corrected chi connectivity index (χ2v) is 4.12. The van der Waals surface area contributed by atoms with E-state index in [0.717, 1.165) is 12.1 Å². The van der Waals surface area contributed by atoms with Gasteiger partial charge < -0.3 is 0 Å². The van der Waals surface area contributed by atoms with Gasteiger partial charge in [0.15, 0.2) is 0 Å². The summed E-state index contributed by atoms with van der Waals surface area (Å²) in [4.78, 5) is 4.66. The third-order valence-corrected chi connectivity index (χ3v) is 3.14. The van der Waals surface area contributed by atoms with Crippen LogP contribution in [0.5, 0.6) is 0 Å². The van der Waals surface area contributed by atoms with E-state index in [0.29, 0.717) is 5.92 Å². The molecule has 0 N–H and O–H groups in total. The van der Waals surface area contributed by atoms with Crippen molar-refractivity contribution in [3.8, 4) is 0 Å². The highest BCUT2D eigenvalue weighted by molar-refractivity contribution is 5.56. The van der Waals surface area contributed by atoms with E-state index in [4.69, 9.17) is 0 Å². The van der Waals surface area contributed by atoms with Crippen molar-refractivity contribution in [1.82, 2.24) is 4.98 Å². The minimum Gasteiger partial charge on any atom is -0.253 e. The molecule has 2 rings (SSSR count). The summed E-state index contributed by atoms with van der Waals surface area (Å²) in [5.41, 5.74) is 5.05. The van der Waals surface area contributed by atoms with Crippen molar-refractivity contribution in [2.24, 2.45) is 0 Å². The lowest BCUT2D eigenvalue weighted by molar-refractivity contribution is 0.874. The van der Waals surface area contributed by atoms with Crippen LogP contribution in [0.4, 0.5) is 0 Å². The fourth-order valence-corrected chi connectivity index (χ4v) is 1.91. The maximum absolute atomic E-state index is 4.66. The minimum atomic E-state index is 0.480. The van der Waals surface area contributed by atoms with E-state index in [1.54, 1.807) is 0 Å². The van der Waals surface area contributed by atoms with Gasteiger partial charge in [-0.1, -0.05) is 37.6 Å². The Bertz CT molecular complexity index is 427. The van der Waals surface area contributed by atoms with E-state index in [9.17, 15) is 0 Å². The Labute approximate surface area is 91.6 Å². The van der Waals surface area contributed by atoms with E-state index in [-0.39, 0.29) is 0 Å². The van der Waals surface area contributed by atoms with Crippen LogP contribution in [0.1, 0.15) is 43.6 Å². The molecule has 0 bridgehead atoms. The summed E-state index contributed by atoms with van der Waals surface area (Å²) in [5, 5.41) is 0. The van der Waals surface area contributed by atoms with E-state index in [1.165, 1.54) is 16.8 Å². The van der Waals surface area contributed by atoms with Crippen molar-refractivity contribution in [3.05, 3.63) is 46.8 Å². The van der Waals surface area contributed by atoms with Crippen molar-refractivity contribution in [1.29, 1.82) is 0 Å². The van der Waals surface area contributed by atoms with Crippen molar-refractivity contribution in [2.75, 3.05) is 0 Å². The smallest absolute Gasteiger partial charge is 0.0670 e. The number of hydrogen-bond donors (Lipinski definition) is 0. The number of hydrogen-bond acceptors (Lipinski definition) is 1. The molecule has 0 amide bonds. The van der Waals surface area contributed by atoms with Gasteiger partial charge in [-0.2, -0.15) is 0 Å². The summed E-state index contributed by atoms with van der Waals surface area (Å²) in [7, 11) is 0. The molecule has 1 aromatic heterocycles. The lowest BCUT2D eigenvalue weighted by atomic mass is 9.93. The number of aryl methyl sites for hydroxylation is 1. The van der Waals surface area contributed by atoms with Crippen LogP contribution in [0.3, 0.4) is 0 Å². The molecule has 1 nitrogen and oxygen atoms in total. The fraction of sp³-hybridized carbons (Fsp3) is 0.357. The average molecular weight is 199 g/mol. The van der Waals surface area contributed by atoms with Gasteiger partial charge in [-0.05, 0) is 31.1 Å². The lowest BCUT2D eigenvalue weighted by Crippen LogP contribution is -2.00. The van der Waals surface area contributed by atoms with Gasteiger partial charge in [0, 0.05) is 11.6 Å². The Balaban J connectivity index is 2.52. The molecule has 78 valence electrons. The highest BCUT2D eigenvalue weighted by Gasteiger charge is 2.13. The lowest BCUT2D eigenvalue weighted by Gasteiger charge is -2.14. The van der Waals surface area contributed by atoms with Crippen LogP contribution in [-0.4, -0.2) is 4.98 Å². The monoisotopic (exact) mass is 199 g/mol. The first kappa shape index (κ1) is 10.2. The first-order chi connectivity index (χ1) is 7.22. The Morgan fingerprint density at radius 3 is 2.87 bits per heavy atom. The normalized spacial score (nSPS) is 19.4. The minimum absolute atomic E-state index is 0.480. The molecule has 1 atom stereocenters. The van der Waals surface area contributed by atoms with Crippen LogP contribution in [0.15, 0.2) is 29.9 Å². The predicted octanol–water partition coefficient (Wildman–Crippen LogP) is 3.72. The number of rotatable bonds is 1. The molecule has 0 aliphatic heterocycles. The van der Waals surface area contributed by atoms with E-state index in [2.05, 4.69) is 56.1 Å². The van der Waals surface area contributed by atoms with Crippen molar-refractivity contribution >= 4 is 6.08 Å². The van der Waals surface area contributed by atoms with Crippen molar-refractivity contribution in [2.45, 2.75) is 33.1 Å². The summed E-state index contributed by atoms with van der Waals surface area (Å²) in [5.74, 6) is 0.480. The topological polar surface area (TPSA) is 12.9 Å². The maximum Gasteiger partial charge on any atom is 0.0670 e. The van der Waals surface area contributed by atoms with Gasteiger partial charge in [0.05, 0.1) is 5.69 Å². The van der Waals surface area contributed by atoms with Gasteiger partial charge in [0.2, 0.25) is 0 Å². The maximum atomic E-state index is 4.66. The largest absolute Gasteiger partial charge is 0.253 e. The van der Waals surface area contributed by atoms with Crippen LogP contribution in [0.25, 0.3) is 6.08 Å². The number of fused-ring (bicyclic) bond motifs is 1. The quantitative estimate of drug-likeness (QED) is 0.671. The molecule has 1 heteroatoms. The molecular weight excluding hydrogens is 182 g/mol. The van der Waals surface area contributed by atoms with Crippen molar-refractivity contribution in [3.63, 3.8) is 0 Å². The summed E-state index contributed by atoms with van der Waals surface area (Å²) in [6, 6.07) is 4.36. The standard InChI is InChI=1S/C14H17N/c1-4-12-8-9-13-11(3)10(2)6-5-7-14(13)15-12/h5-9,11H,4H2,1-3H3. The van der Waals surface area contributed by atoms with Gasteiger partial charge in [0.25, 0.3) is 0 Å². The highest BCUT2D eigenvalue weighted by atomic mass is 14.7. The van der Waals surface area contributed by atoms with Crippen LogP contribution in [0, 0.1) is 0 Å². The third-order valence-electron chi connectivity index (χ3n) is 3.14. The van der Waals surface area contributed by atoms with Crippen LogP contribution < -0.4 is 0 Å². The molecule has 1 aromatic rings. The Hall–Kier alpha value is -1.37. The highest BCUT2D eigenvalue weighted by Crippen LogP contribution is 2.29. The first-order valence-corrected chi connectivity index (χ1v) is 5.57. The molecule has 0 spiro atoms. The number of allylic oxidation sites excluding steroid dienone is 3. The van der Waals surface area contributed by atoms with E-state index < -0.39 is 0 Å². The molecule has 0 saturated heterocycles. The second-order valence-electron chi connectivity index (χ2n) is 4.12. The number of pyridine rings is 1. The van der Waals surface area contributed by atoms with Gasteiger partial charge in [-0.25, -0.2) is 0 Å². The molecule has 0 fully saturated rings. The van der Waals surface area contributed by atoms with Crippen molar-refractivity contribution < 1.29 is 0 Å². The van der Waals surface area contributed by atoms with Crippen LogP contribution in [0.2, 0.25) is 0 Å². The first-order valence-electron chi connectivity index (χ1n) is 5.57. The van der Waals surface area contributed by atoms with Gasteiger partial charge in [-0.3, -0.25) is 4.98 Å². The Kier molecular flexibility index (Phi) is 2.72. The SMILES string of the molecule is CCc1ccc2c(n1)C=CC=C(C)C2C. The predicted molar refractivity (Wildman–Crippen MR) is 64.8 cm³/mol. The summed E-state index contributed by atoms with van der Waals surface area (Å²) in [6.45, 7) is 6.56. The molecule has 0 radical (unpaired) electrons. The van der Waals surface area contributed by atoms with Gasteiger partial charge in [-0.15, -0.1) is 0 Å². The average Bonchev–Trinajstić information content (AvgIpc) is 2.40. The molecule has 1 heterocycles. The molecule has 1 aliphatic rings. The van der Waals surface area contributed by atoms with Crippen LogP contribution >= 0.6 is 0 Å². The molecule has 1 aliphatic carbocycles. The van der Waals surface area contributed by atoms with Crippen LogP contribution in [-0.2, 0) is 6.42 Å². The number of aromatic nitrogens is 1. The summed E-state index contributed by atoms with van der Waals surface area (Å²) >= 11 is 0. The summed E-state index contributed by atoms with van der Waals surface area (Å²) < 4.78 is 0. The fourth-order valence-electron chi connectivity index (χ4n) is 1.91. The second kappa shape index (κ2) is 4.01. The zero-order chi connectivity index (χ0) is 10.8. The van der Waals surface area contributed by atoms with Gasteiger partial charge in [0.1, 0.15) is 0 Å². The summed E-state index contributed by atoms with van der Waals surface area (Å²) in [6.07, 6.45) is 7.39. The molecule has 0 saturated carbocycles. The number of nitrogens with zero attached hydrogens (tertiary/aromatic N) is 1. The zero-order valence-electron chi connectivity index (χ0n) is 9.62. The van der Waals surface area contributed by atoms with E-state index in [1.807, 2.05) is 0 Å². The molecule has 1 unspecified atom stereocenters.